The standard InChI is InChI=1S/C18H24N2O3/c1-12(21)13-5-7-14(8-6-13)19-11-18(17(2,3)4)9-15(19)10-20(18)16(22)23/h5-8,15H,9-11H2,1-4H3,(H,22,23)/t15-,18+/m0/s1. The van der Waals surface area contributed by atoms with E-state index in [0.29, 0.717) is 18.7 Å². The largest absolute Gasteiger partial charge is 0.465 e. The highest BCUT2D eigenvalue weighted by Gasteiger charge is 2.61. The van der Waals surface area contributed by atoms with Crippen LogP contribution in [0.3, 0.4) is 0 Å². The van der Waals surface area contributed by atoms with Gasteiger partial charge in [-0.05, 0) is 43.0 Å². The van der Waals surface area contributed by atoms with Crippen molar-refractivity contribution in [3.05, 3.63) is 29.8 Å². The minimum Gasteiger partial charge on any atom is -0.465 e. The Balaban J connectivity index is 1.92. The zero-order chi connectivity index (χ0) is 17.0. The fraction of sp³-hybridized carbons (Fsp3) is 0.556. The molecular weight excluding hydrogens is 292 g/mol. The van der Waals surface area contributed by atoms with Gasteiger partial charge in [0.2, 0.25) is 0 Å². The molecule has 3 rings (SSSR count). The fourth-order valence-corrected chi connectivity index (χ4v) is 4.12. The first-order valence-electron chi connectivity index (χ1n) is 8.04. The molecule has 5 heteroatoms. The molecule has 2 bridgehead atoms. The van der Waals surface area contributed by atoms with E-state index in [-0.39, 0.29) is 22.8 Å². The van der Waals surface area contributed by atoms with Gasteiger partial charge < -0.3 is 10.0 Å². The van der Waals surface area contributed by atoms with E-state index < -0.39 is 6.09 Å². The Hall–Kier alpha value is -2.04. The molecule has 2 aliphatic rings. The van der Waals surface area contributed by atoms with Gasteiger partial charge in [0.15, 0.2) is 5.78 Å². The summed E-state index contributed by atoms with van der Waals surface area (Å²) in [5.41, 5.74) is 1.28. The number of amides is 1. The SMILES string of the molecule is CC(=O)c1ccc(N2C[C@@]3(C(C)(C)C)C[C@H]2CN3C(=O)O)cc1. The third-order valence-corrected chi connectivity index (χ3v) is 5.59. The smallest absolute Gasteiger partial charge is 0.407 e. The Bertz CT molecular complexity index is 647. The van der Waals surface area contributed by atoms with E-state index >= 15 is 0 Å². The molecule has 23 heavy (non-hydrogen) atoms. The summed E-state index contributed by atoms with van der Waals surface area (Å²) in [5.74, 6) is 0.0581. The molecule has 0 spiro atoms. The van der Waals surface area contributed by atoms with E-state index in [1.807, 2.05) is 24.3 Å². The predicted octanol–water partition coefficient (Wildman–Crippen LogP) is 3.25. The number of carbonyl (C=O) groups excluding carboxylic acids is 1. The van der Waals surface area contributed by atoms with Gasteiger partial charge in [-0.1, -0.05) is 20.8 Å². The number of nitrogens with zero attached hydrogens (tertiary/aromatic N) is 2. The molecule has 124 valence electrons. The second-order valence-corrected chi connectivity index (χ2v) is 7.76. The number of likely N-dealkylation sites (tertiary alicyclic amines) is 1. The number of anilines is 1. The third-order valence-electron chi connectivity index (χ3n) is 5.59. The number of benzene rings is 1. The first-order valence-corrected chi connectivity index (χ1v) is 8.04. The molecule has 1 aromatic rings. The van der Waals surface area contributed by atoms with E-state index in [2.05, 4.69) is 25.7 Å². The van der Waals surface area contributed by atoms with Gasteiger partial charge in [-0.2, -0.15) is 0 Å². The zero-order valence-corrected chi connectivity index (χ0v) is 14.2. The first kappa shape index (κ1) is 15.8. The van der Waals surface area contributed by atoms with E-state index in [9.17, 15) is 14.7 Å². The van der Waals surface area contributed by atoms with Crippen molar-refractivity contribution in [2.45, 2.75) is 45.7 Å². The van der Waals surface area contributed by atoms with Crippen LogP contribution in [-0.4, -0.2) is 46.6 Å². The molecule has 5 nitrogen and oxygen atoms in total. The van der Waals surface area contributed by atoms with Gasteiger partial charge in [-0.25, -0.2) is 4.79 Å². The third kappa shape index (κ3) is 2.30. The number of carboxylic acid groups (broad SMARTS) is 1. The molecule has 0 unspecified atom stereocenters. The van der Waals surface area contributed by atoms with Crippen LogP contribution in [0.4, 0.5) is 10.5 Å². The lowest BCUT2D eigenvalue weighted by Crippen LogP contribution is -2.61. The van der Waals surface area contributed by atoms with E-state index in [0.717, 1.165) is 12.1 Å². The van der Waals surface area contributed by atoms with Crippen LogP contribution >= 0.6 is 0 Å². The highest BCUT2D eigenvalue weighted by Crippen LogP contribution is 2.51. The maximum absolute atomic E-state index is 11.7. The van der Waals surface area contributed by atoms with Crippen LogP contribution < -0.4 is 4.90 Å². The Kier molecular flexibility index (Phi) is 3.43. The van der Waals surface area contributed by atoms with Crippen LogP contribution in [0.2, 0.25) is 0 Å². The molecular formula is C18H24N2O3. The average Bonchev–Trinajstić information content (AvgIpc) is 3.04. The Morgan fingerprint density at radius 3 is 2.30 bits per heavy atom. The fourth-order valence-electron chi connectivity index (χ4n) is 4.12. The first-order chi connectivity index (χ1) is 10.7. The second kappa shape index (κ2) is 4.98. The van der Waals surface area contributed by atoms with Crippen molar-refractivity contribution in [1.82, 2.24) is 4.90 Å². The van der Waals surface area contributed by atoms with Crippen molar-refractivity contribution in [3.63, 3.8) is 0 Å². The Morgan fingerprint density at radius 1 is 1.22 bits per heavy atom. The quantitative estimate of drug-likeness (QED) is 0.851. The topological polar surface area (TPSA) is 60.9 Å². The molecule has 0 radical (unpaired) electrons. The molecule has 1 N–H and O–H groups in total. The Labute approximate surface area is 136 Å². The summed E-state index contributed by atoms with van der Waals surface area (Å²) in [6.07, 6.45) is 0.0334. The number of hydrogen-bond donors (Lipinski definition) is 1. The summed E-state index contributed by atoms with van der Waals surface area (Å²) < 4.78 is 0. The van der Waals surface area contributed by atoms with Crippen molar-refractivity contribution in [2.24, 2.45) is 5.41 Å². The van der Waals surface area contributed by atoms with Crippen LogP contribution in [0.1, 0.15) is 44.5 Å². The van der Waals surface area contributed by atoms with Crippen LogP contribution in [0.15, 0.2) is 24.3 Å². The summed E-state index contributed by atoms with van der Waals surface area (Å²) in [4.78, 5) is 27.0. The molecule has 1 aromatic carbocycles. The van der Waals surface area contributed by atoms with Gasteiger partial charge in [-0.3, -0.25) is 9.69 Å². The van der Waals surface area contributed by atoms with Crippen LogP contribution in [-0.2, 0) is 0 Å². The van der Waals surface area contributed by atoms with Crippen LogP contribution in [0, 0.1) is 5.41 Å². The summed E-state index contributed by atoms with van der Waals surface area (Å²) in [5, 5.41) is 9.59. The lowest BCUT2D eigenvalue weighted by atomic mass is 9.73. The molecule has 2 atom stereocenters. The number of ketones is 1. The minimum atomic E-state index is -0.825. The number of piperazine rings is 1. The lowest BCUT2D eigenvalue weighted by Gasteiger charge is -2.48. The molecule has 2 aliphatic heterocycles. The number of rotatable bonds is 2. The van der Waals surface area contributed by atoms with Gasteiger partial charge in [0.1, 0.15) is 0 Å². The van der Waals surface area contributed by atoms with Gasteiger partial charge in [-0.15, -0.1) is 0 Å². The van der Waals surface area contributed by atoms with Gasteiger partial charge in [0.25, 0.3) is 0 Å². The van der Waals surface area contributed by atoms with Crippen LogP contribution in [0.5, 0.6) is 0 Å². The zero-order valence-electron chi connectivity index (χ0n) is 14.2. The summed E-state index contributed by atoms with van der Waals surface area (Å²) >= 11 is 0. The monoisotopic (exact) mass is 316 g/mol. The lowest BCUT2D eigenvalue weighted by molar-refractivity contribution is 0.0363. The average molecular weight is 316 g/mol. The van der Waals surface area contributed by atoms with E-state index in [1.165, 1.54) is 0 Å². The van der Waals surface area contributed by atoms with Crippen molar-refractivity contribution in [1.29, 1.82) is 0 Å². The van der Waals surface area contributed by atoms with Crippen molar-refractivity contribution in [2.75, 3.05) is 18.0 Å². The molecule has 0 saturated carbocycles. The molecule has 2 saturated heterocycles. The molecule has 2 heterocycles. The van der Waals surface area contributed by atoms with E-state index in [1.54, 1.807) is 11.8 Å². The minimum absolute atomic E-state index is 0.0581. The highest BCUT2D eigenvalue weighted by atomic mass is 16.4. The number of Topliss-reactive ketones (excluding diaryl/α,β-unsaturated/α-hetero) is 1. The van der Waals surface area contributed by atoms with E-state index in [4.69, 9.17) is 0 Å². The number of fused-ring (bicyclic) bond motifs is 2. The van der Waals surface area contributed by atoms with Gasteiger partial charge >= 0.3 is 6.09 Å². The summed E-state index contributed by atoms with van der Waals surface area (Å²) in [6, 6.07) is 7.84. The van der Waals surface area contributed by atoms with Crippen molar-refractivity contribution >= 4 is 17.6 Å². The number of hydrogen-bond acceptors (Lipinski definition) is 3. The highest BCUT2D eigenvalue weighted by molar-refractivity contribution is 5.94. The predicted molar refractivity (Wildman–Crippen MR) is 89.1 cm³/mol. The van der Waals surface area contributed by atoms with Crippen molar-refractivity contribution < 1.29 is 14.7 Å². The maximum atomic E-state index is 11.7. The molecule has 0 aliphatic carbocycles. The van der Waals surface area contributed by atoms with Gasteiger partial charge in [0.05, 0.1) is 5.54 Å². The van der Waals surface area contributed by atoms with Crippen LogP contribution in [0.25, 0.3) is 0 Å². The number of carbonyl (C=O) groups is 2. The van der Waals surface area contributed by atoms with Crippen molar-refractivity contribution in [3.8, 4) is 0 Å². The molecule has 1 amide bonds. The summed E-state index contributed by atoms with van der Waals surface area (Å²) in [7, 11) is 0. The molecule has 2 fully saturated rings. The normalized spacial score (nSPS) is 26.7. The Morgan fingerprint density at radius 2 is 1.83 bits per heavy atom. The summed E-state index contributed by atoms with van der Waals surface area (Å²) in [6.45, 7) is 9.16. The van der Waals surface area contributed by atoms with Gasteiger partial charge in [0, 0.05) is 30.4 Å². The second-order valence-electron chi connectivity index (χ2n) is 7.76. The maximum Gasteiger partial charge on any atom is 0.407 e. The molecule has 0 aromatic heterocycles.